The number of nitrogens with one attached hydrogen (secondary N) is 1. The van der Waals surface area contributed by atoms with Crippen LogP contribution in [-0.4, -0.2) is 17.0 Å². The molecule has 0 aromatic heterocycles. The van der Waals surface area contributed by atoms with Crippen LogP contribution in [-0.2, 0) is 9.59 Å². The summed E-state index contributed by atoms with van der Waals surface area (Å²) >= 11 is 9.27. The van der Waals surface area contributed by atoms with Gasteiger partial charge in [-0.1, -0.05) is 41.4 Å². The highest BCUT2D eigenvalue weighted by Crippen LogP contribution is 2.28. The summed E-state index contributed by atoms with van der Waals surface area (Å²) in [6, 6.07) is 5.14. The molecule has 1 aromatic rings. The smallest absolute Gasteiger partial charge is 0.303 e. The van der Waals surface area contributed by atoms with Gasteiger partial charge in [-0.15, -0.1) is 0 Å². The van der Waals surface area contributed by atoms with Crippen LogP contribution in [0.15, 0.2) is 22.7 Å². The number of benzene rings is 1. The number of rotatable bonds is 5. The van der Waals surface area contributed by atoms with Gasteiger partial charge in [0.2, 0.25) is 5.91 Å². The number of carboxylic acid groups (broad SMARTS) is 1. The van der Waals surface area contributed by atoms with Crippen LogP contribution < -0.4 is 5.32 Å². The minimum atomic E-state index is -0.917. The molecule has 0 spiro atoms. The molecule has 1 aromatic carbocycles. The van der Waals surface area contributed by atoms with Gasteiger partial charge in [0.05, 0.1) is 17.1 Å². The Hall–Kier alpha value is -1.07. The van der Waals surface area contributed by atoms with E-state index < -0.39 is 11.4 Å². The molecule has 104 valence electrons. The van der Waals surface area contributed by atoms with E-state index in [1.807, 2.05) is 0 Å². The van der Waals surface area contributed by atoms with E-state index in [1.165, 1.54) is 0 Å². The maximum atomic E-state index is 11.9. The van der Waals surface area contributed by atoms with Crippen molar-refractivity contribution in [3.63, 3.8) is 0 Å². The summed E-state index contributed by atoms with van der Waals surface area (Å²) in [5.74, 6) is -1.17. The van der Waals surface area contributed by atoms with Crippen molar-refractivity contribution in [2.75, 3.05) is 5.32 Å². The summed E-state index contributed by atoms with van der Waals surface area (Å²) in [5.41, 5.74) is -0.0846. The van der Waals surface area contributed by atoms with Crippen LogP contribution in [0.1, 0.15) is 26.7 Å². The highest BCUT2D eigenvalue weighted by molar-refractivity contribution is 9.10. The Balaban J connectivity index is 2.67. The van der Waals surface area contributed by atoms with Crippen molar-refractivity contribution < 1.29 is 14.7 Å². The number of carboxylic acids is 1. The molecule has 6 heteroatoms. The van der Waals surface area contributed by atoms with E-state index in [2.05, 4.69) is 21.2 Å². The monoisotopic (exact) mass is 347 g/mol. The van der Waals surface area contributed by atoms with E-state index in [1.54, 1.807) is 32.0 Å². The quantitative estimate of drug-likeness (QED) is 0.847. The number of amides is 1. The molecule has 0 atom stereocenters. The van der Waals surface area contributed by atoms with Crippen molar-refractivity contribution in [1.29, 1.82) is 0 Å². The van der Waals surface area contributed by atoms with Gasteiger partial charge in [0.1, 0.15) is 0 Å². The van der Waals surface area contributed by atoms with Gasteiger partial charge in [-0.2, -0.15) is 0 Å². The number of carbonyl (C=O) groups is 2. The standard InChI is InChI=1S/C13H15BrClNO3/c1-13(2,7-12(18)19)6-11(17)16-10-4-3-8(14)5-9(10)15/h3-5H,6-7H2,1-2H3,(H,16,17)(H,18,19). The molecule has 4 nitrogen and oxygen atoms in total. The van der Waals surface area contributed by atoms with Crippen molar-refractivity contribution in [1.82, 2.24) is 0 Å². The minimum Gasteiger partial charge on any atom is -0.481 e. The van der Waals surface area contributed by atoms with Crippen molar-refractivity contribution in [3.05, 3.63) is 27.7 Å². The van der Waals surface area contributed by atoms with Gasteiger partial charge in [-0.05, 0) is 23.6 Å². The lowest BCUT2D eigenvalue weighted by Crippen LogP contribution is -2.24. The fourth-order valence-corrected chi connectivity index (χ4v) is 2.41. The fourth-order valence-electron chi connectivity index (χ4n) is 1.69. The van der Waals surface area contributed by atoms with E-state index >= 15 is 0 Å². The number of aliphatic carboxylic acids is 1. The Morgan fingerprint density at radius 2 is 2.00 bits per heavy atom. The highest BCUT2D eigenvalue weighted by atomic mass is 79.9. The number of carbonyl (C=O) groups excluding carboxylic acids is 1. The van der Waals surface area contributed by atoms with E-state index in [0.717, 1.165) is 4.47 Å². The van der Waals surface area contributed by atoms with Crippen molar-refractivity contribution >= 4 is 45.1 Å². The zero-order valence-electron chi connectivity index (χ0n) is 10.7. The zero-order valence-corrected chi connectivity index (χ0v) is 13.0. The third kappa shape index (κ3) is 5.61. The van der Waals surface area contributed by atoms with Crippen molar-refractivity contribution in [2.24, 2.45) is 5.41 Å². The van der Waals surface area contributed by atoms with Gasteiger partial charge in [0.25, 0.3) is 0 Å². The zero-order chi connectivity index (χ0) is 14.6. The molecule has 19 heavy (non-hydrogen) atoms. The van der Waals surface area contributed by atoms with Crippen LogP contribution in [0, 0.1) is 5.41 Å². The van der Waals surface area contributed by atoms with E-state index in [-0.39, 0.29) is 18.7 Å². The average molecular weight is 349 g/mol. The third-order valence-electron chi connectivity index (χ3n) is 2.47. The Bertz CT molecular complexity index is 503. The normalized spacial score (nSPS) is 11.2. The Labute approximate surface area is 125 Å². The predicted molar refractivity (Wildman–Crippen MR) is 78.4 cm³/mol. The predicted octanol–water partition coefficient (Wildman–Crippen LogP) is 3.93. The first kappa shape index (κ1) is 16.0. The summed E-state index contributed by atoms with van der Waals surface area (Å²) in [6.07, 6.45) is 0.0557. The molecule has 0 radical (unpaired) electrons. The fraction of sp³-hybridized carbons (Fsp3) is 0.385. The minimum absolute atomic E-state index is 0.0610. The maximum Gasteiger partial charge on any atom is 0.303 e. The molecule has 0 saturated carbocycles. The number of hydrogen-bond acceptors (Lipinski definition) is 2. The van der Waals surface area contributed by atoms with E-state index in [4.69, 9.17) is 16.7 Å². The van der Waals surface area contributed by atoms with Crippen molar-refractivity contribution in [3.8, 4) is 0 Å². The van der Waals surface area contributed by atoms with Crippen LogP contribution in [0.5, 0.6) is 0 Å². The molecule has 1 amide bonds. The van der Waals surface area contributed by atoms with Gasteiger partial charge in [-0.25, -0.2) is 0 Å². The van der Waals surface area contributed by atoms with Gasteiger partial charge in [0, 0.05) is 10.9 Å². The Kier molecular flexibility index (Phi) is 5.38. The van der Waals surface area contributed by atoms with E-state index in [9.17, 15) is 9.59 Å². The lowest BCUT2D eigenvalue weighted by Gasteiger charge is -2.21. The lowest BCUT2D eigenvalue weighted by atomic mass is 9.85. The van der Waals surface area contributed by atoms with Gasteiger partial charge >= 0.3 is 5.97 Å². The molecule has 1 rings (SSSR count). The Morgan fingerprint density at radius 3 is 2.53 bits per heavy atom. The van der Waals surface area contributed by atoms with Crippen LogP contribution in [0.2, 0.25) is 5.02 Å². The largest absolute Gasteiger partial charge is 0.481 e. The van der Waals surface area contributed by atoms with Crippen LogP contribution >= 0.6 is 27.5 Å². The number of halogens is 2. The molecular formula is C13H15BrClNO3. The molecule has 0 fully saturated rings. The topological polar surface area (TPSA) is 66.4 Å². The summed E-state index contributed by atoms with van der Waals surface area (Å²) in [5, 5.41) is 11.9. The number of hydrogen-bond donors (Lipinski definition) is 2. The SMILES string of the molecule is CC(C)(CC(=O)O)CC(=O)Nc1ccc(Br)cc1Cl. The summed E-state index contributed by atoms with van der Waals surface area (Å²) in [4.78, 5) is 22.6. The molecule has 0 aliphatic rings. The van der Waals surface area contributed by atoms with Crippen LogP contribution in [0.4, 0.5) is 5.69 Å². The second-order valence-electron chi connectivity index (χ2n) is 5.08. The molecule has 0 heterocycles. The molecule has 0 bridgehead atoms. The average Bonchev–Trinajstić information content (AvgIpc) is 2.19. The maximum absolute atomic E-state index is 11.9. The number of anilines is 1. The van der Waals surface area contributed by atoms with Crippen LogP contribution in [0.3, 0.4) is 0 Å². The second-order valence-corrected chi connectivity index (χ2v) is 6.41. The lowest BCUT2D eigenvalue weighted by molar-refractivity contribution is -0.139. The Morgan fingerprint density at radius 1 is 1.37 bits per heavy atom. The van der Waals surface area contributed by atoms with Gasteiger partial charge < -0.3 is 10.4 Å². The summed E-state index contributed by atoms with van der Waals surface area (Å²) in [6.45, 7) is 3.48. The third-order valence-corrected chi connectivity index (χ3v) is 3.28. The molecule has 0 aliphatic heterocycles. The first-order valence-corrected chi connectivity index (χ1v) is 6.83. The molecular weight excluding hydrogens is 334 g/mol. The van der Waals surface area contributed by atoms with E-state index in [0.29, 0.717) is 10.7 Å². The van der Waals surface area contributed by atoms with Gasteiger partial charge in [0.15, 0.2) is 0 Å². The summed E-state index contributed by atoms with van der Waals surface area (Å²) < 4.78 is 0.821. The molecule has 0 unspecified atom stereocenters. The second kappa shape index (κ2) is 6.39. The first-order valence-electron chi connectivity index (χ1n) is 5.66. The van der Waals surface area contributed by atoms with Crippen molar-refractivity contribution in [2.45, 2.75) is 26.7 Å². The van der Waals surface area contributed by atoms with Crippen LogP contribution in [0.25, 0.3) is 0 Å². The highest BCUT2D eigenvalue weighted by Gasteiger charge is 2.25. The first-order chi connectivity index (χ1) is 8.69. The molecule has 0 saturated heterocycles. The molecule has 2 N–H and O–H groups in total. The van der Waals surface area contributed by atoms with Gasteiger partial charge in [-0.3, -0.25) is 9.59 Å². The molecule has 0 aliphatic carbocycles. The summed E-state index contributed by atoms with van der Waals surface area (Å²) in [7, 11) is 0.